The molecule has 0 bridgehead atoms. The van der Waals surface area contributed by atoms with Crippen molar-refractivity contribution in [2.24, 2.45) is 0 Å². The SMILES string of the molecule is CCc1nnc(C)cc1C(=O)N(C)c1ccccc1C#N. The quantitative estimate of drug-likeness (QED) is 0.866. The number of carbonyl (C=O) groups is 1. The van der Waals surface area contributed by atoms with Gasteiger partial charge in [0.1, 0.15) is 6.07 Å². The number of rotatable bonds is 3. The summed E-state index contributed by atoms with van der Waals surface area (Å²) in [6.07, 6.45) is 0.627. The second-order valence-corrected chi connectivity index (χ2v) is 4.69. The van der Waals surface area contributed by atoms with Gasteiger partial charge < -0.3 is 4.90 Å². The van der Waals surface area contributed by atoms with Crippen LogP contribution in [0.2, 0.25) is 0 Å². The normalized spacial score (nSPS) is 10.0. The molecule has 0 unspecified atom stereocenters. The molecule has 5 nitrogen and oxygen atoms in total. The van der Waals surface area contributed by atoms with Crippen LogP contribution in [-0.4, -0.2) is 23.2 Å². The molecule has 2 rings (SSSR count). The Labute approximate surface area is 123 Å². The first kappa shape index (κ1) is 14.7. The molecule has 0 atom stereocenters. The van der Waals surface area contributed by atoms with E-state index in [0.717, 1.165) is 0 Å². The first-order valence-corrected chi connectivity index (χ1v) is 6.68. The third-order valence-electron chi connectivity index (χ3n) is 3.25. The Morgan fingerprint density at radius 3 is 2.71 bits per heavy atom. The van der Waals surface area contributed by atoms with E-state index in [9.17, 15) is 4.79 Å². The van der Waals surface area contributed by atoms with Gasteiger partial charge in [-0.15, -0.1) is 0 Å². The van der Waals surface area contributed by atoms with Crippen molar-refractivity contribution in [1.82, 2.24) is 10.2 Å². The summed E-state index contributed by atoms with van der Waals surface area (Å²) in [6.45, 7) is 3.73. The van der Waals surface area contributed by atoms with Crippen molar-refractivity contribution in [2.45, 2.75) is 20.3 Å². The Morgan fingerprint density at radius 2 is 2.05 bits per heavy atom. The van der Waals surface area contributed by atoms with Gasteiger partial charge in [0.2, 0.25) is 0 Å². The summed E-state index contributed by atoms with van der Waals surface area (Å²) < 4.78 is 0. The van der Waals surface area contributed by atoms with Gasteiger partial charge in [-0.3, -0.25) is 4.79 Å². The van der Waals surface area contributed by atoms with Crippen LogP contribution in [0.15, 0.2) is 30.3 Å². The topological polar surface area (TPSA) is 69.9 Å². The minimum absolute atomic E-state index is 0.187. The van der Waals surface area contributed by atoms with Gasteiger partial charge in [-0.25, -0.2) is 0 Å². The molecule has 1 aromatic carbocycles. The van der Waals surface area contributed by atoms with Crippen LogP contribution in [0.25, 0.3) is 0 Å². The van der Waals surface area contributed by atoms with E-state index >= 15 is 0 Å². The standard InChI is InChI=1S/C16H16N4O/c1-4-14-13(9-11(2)18-19-14)16(21)20(3)15-8-6-5-7-12(15)10-17/h5-9H,4H2,1-3H3. The molecule has 0 aliphatic carbocycles. The fourth-order valence-corrected chi connectivity index (χ4v) is 2.11. The summed E-state index contributed by atoms with van der Waals surface area (Å²) in [4.78, 5) is 14.2. The van der Waals surface area contributed by atoms with Crippen molar-refractivity contribution in [2.75, 3.05) is 11.9 Å². The van der Waals surface area contributed by atoms with E-state index in [-0.39, 0.29) is 5.91 Å². The summed E-state index contributed by atoms with van der Waals surface area (Å²) in [5, 5.41) is 17.2. The van der Waals surface area contributed by atoms with Gasteiger partial charge in [0, 0.05) is 7.05 Å². The lowest BCUT2D eigenvalue weighted by Gasteiger charge is -2.19. The highest BCUT2D eigenvalue weighted by Crippen LogP contribution is 2.21. The Balaban J connectivity index is 2.45. The predicted molar refractivity (Wildman–Crippen MR) is 80.0 cm³/mol. The van der Waals surface area contributed by atoms with Crippen LogP contribution in [0.1, 0.15) is 34.2 Å². The zero-order valence-corrected chi connectivity index (χ0v) is 12.3. The van der Waals surface area contributed by atoms with E-state index in [1.807, 2.05) is 6.92 Å². The molecular weight excluding hydrogens is 264 g/mol. The summed E-state index contributed by atoms with van der Waals surface area (Å²) in [5.74, 6) is -0.187. The van der Waals surface area contributed by atoms with Crippen LogP contribution in [0.5, 0.6) is 0 Å². The molecule has 1 heterocycles. The fraction of sp³-hybridized carbons (Fsp3) is 0.250. The Bertz CT molecular complexity index is 718. The summed E-state index contributed by atoms with van der Waals surface area (Å²) in [7, 11) is 1.66. The molecule has 0 spiro atoms. The largest absolute Gasteiger partial charge is 0.310 e. The van der Waals surface area contributed by atoms with Crippen LogP contribution in [0.3, 0.4) is 0 Å². The van der Waals surface area contributed by atoms with Gasteiger partial charge in [0.05, 0.1) is 28.2 Å². The summed E-state index contributed by atoms with van der Waals surface area (Å²) in [5.41, 5.74) is 2.93. The average molecular weight is 280 g/mol. The zero-order chi connectivity index (χ0) is 15.4. The number of nitrogens with zero attached hydrogens (tertiary/aromatic N) is 4. The van der Waals surface area contributed by atoms with E-state index in [2.05, 4.69) is 16.3 Å². The van der Waals surface area contributed by atoms with Crippen molar-refractivity contribution >= 4 is 11.6 Å². The summed E-state index contributed by atoms with van der Waals surface area (Å²) in [6, 6.07) is 10.9. The van der Waals surface area contributed by atoms with Crippen molar-refractivity contribution < 1.29 is 4.79 Å². The van der Waals surface area contributed by atoms with E-state index in [1.54, 1.807) is 44.3 Å². The van der Waals surface area contributed by atoms with E-state index in [1.165, 1.54) is 4.90 Å². The van der Waals surface area contributed by atoms with E-state index in [0.29, 0.717) is 34.6 Å². The van der Waals surface area contributed by atoms with Crippen LogP contribution < -0.4 is 4.90 Å². The lowest BCUT2D eigenvalue weighted by atomic mass is 10.1. The van der Waals surface area contributed by atoms with Crippen LogP contribution >= 0.6 is 0 Å². The number of para-hydroxylation sites is 1. The van der Waals surface area contributed by atoms with Gasteiger partial charge >= 0.3 is 0 Å². The van der Waals surface area contributed by atoms with Gasteiger partial charge in [-0.2, -0.15) is 15.5 Å². The second kappa shape index (κ2) is 6.14. The number of aromatic nitrogens is 2. The molecule has 0 aliphatic heterocycles. The predicted octanol–water partition coefficient (Wildman–Crippen LogP) is 2.50. The number of anilines is 1. The lowest BCUT2D eigenvalue weighted by Crippen LogP contribution is -2.28. The lowest BCUT2D eigenvalue weighted by molar-refractivity contribution is 0.0991. The third-order valence-corrected chi connectivity index (χ3v) is 3.25. The molecule has 0 saturated heterocycles. The highest BCUT2D eigenvalue weighted by atomic mass is 16.2. The Hall–Kier alpha value is -2.74. The molecule has 0 radical (unpaired) electrons. The van der Waals surface area contributed by atoms with E-state index < -0.39 is 0 Å². The van der Waals surface area contributed by atoms with Gasteiger partial charge in [-0.05, 0) is 31.5 Å². The molecule has 0 aliphatic rings. The number of hydrogen-bond donors (Lipinski definition) is 0. The first-order valence-electron chi connectivity index (χ1n) is 6.68. The van der Waals surface area contributed by atoms with Gasteiger partial charge in [-0.1, -0.05) is 19.1 Å². The molecule has 5 heteroatoms. The Kier molecular flexibility index (Phi) is 4.29. The molecule has 21 heavy (non-hydrogen) atoms. The smallest absolute Gasteiger partial charge is 0.260 e. The molecular formula is C16H16N4O. The number of amides is 1. The molecule has 106 valence electrons. The molecule has 0 fully saturated rings. The fourth-order valence-electron chi connectivity index (χ4n) is 2.11. The van der Waals surface area contributed by atoms with E-state index in [4.69, 9.17) is 5.26 Å². The maximum atomic E-state index is 12.7. The molecule has 1 amide bonds. The number of nitriles is 1. The molecule has 0 N–H and O–H groups in total. The van der Waals surface area contributed by atoms with Crippen molar-refractivity contribution in [1.29, 1.82) is 5.26 Å². The maximum Gasteiger partial charge on any atom is 0.260 e. The second-order valence-electron chi connectivity index (χ2n) is 4.69. The number of benzene rings is 1. The van der Waals surface area contributed by atoms with Gasteiger partial charge in [0.25, 0.3) is 5.91 Å². The minimum Gasteiger partial charge on any atom is -0.310 e. The van der Waals surface area contributed by atoms with Crippen molar-refractivity contribution in [3.63, 3.8) is 0 Å². The van der Waals surface area contributed by atoms with Crippen LogP contribution in [0, 0.1) is 18.3 Å². The van der Waals surface area contributed by atoms with Crippen molar-refractivity contribution in [3.05, 3.63) is 52.8 Å². The average Bonchev–Trinajstić information content (AvgIpc) is 2.53. The number of carbonyl (C=O) groups excluding carboxylic acids is 1. The van der Waals surface area contributed by atoms with Gasteiger partial charge in [0.15, 0.2) is 0 Å². The Morgan fingerprint density at radius 1 is 1.33 bits per heavy atom. The van der Waals surface area contributed by atoms with Crippen LogP contribution in [0.4, 0.5) is 5.69 Å². The zero-order valence-electron chi connectivity index (χ0n) is 12.3. The number of hydrogen-bond acceptors (Lipinski definition) is 4. The van der Waals surface area contributed by atoms with Crippen LogP contribution in [-0.2, 0) is 6.42 Å². The van der Waals surface area contributed by atoms with Crippen molar-refractivity contribution in [3.8, 4) is 6.07 Å². The first-order chi connectivity index (χ1) is 10.1. The molecule has 1 aromatic heterocycles. The number of aryl methyl sites for hydroxylation is 2. The highest BCUT2D eigenvalue weighted by molar-refractivity contribution is 6.07. The third kappa shape index (κ3) is 2.90. The molecule has 0 saturated carbocycles. The summed E-state index contributed by atoms with van der Waals surface area (Å²) >= 11 is 0. The monoisotopic (exact) mass is 280 g/mol. The highest BCUT2D eigenvalue weighted by Gasteiger charge is 2.20. The maximum absolute atomic E-state index is 12.7. The molecule has 2 aromatic rings. The minimum atomic E-state index is -0.187.